The lowest BCUT2D eigenvalue weighted by atomic mass is 10.0. The Bertz CT molecular complexity index is 639. The molecule has 0 saturated carbocycles. The van der Waals surface area contributed by atoms with Gasteiger partial charge in [0.15, 0.2) is 6.61 Å². The molecule has 26 heavy (non-hydrogen) atoms. The van der Waals surface area contributed by atoms with E-state index in [1.807, 2.05) is 18.2 Å². The third-order valence-electron chi connectivity index (χ3n) is 4.39. The largest absolute Gasteiger partial charge is 0.493 e. The molecule has 1 aromatic carbocycles. The minimum absolute atomic E-state index is 0.00160. The van der Waals surface area contributed by atoms with E-state index in [0.29, 0.717) is 13.2 Å². The summed E-state index contributed by atoms with van der Waals surface area (Å²) in [6.07, 6.45) is 2.98. The summed E-state index contributed by atoms with van der Waals surface area (Å²) < 4.78 is 15.0. The molecule has 1 saturated heterocycles. The number of benzene rings is 1. The van der Waals surface area contributed by atoms with Gasteiger partial charge in [0.2, 0.25) is 5.76 Å². The Hall–Kier alpha value is -2.54. The Labute approximate surface area is 152 Å². The van der Waals surface area contributed by atoms with Gasteiger partial charge >= 0.3 is 5.97 Å². The first-order valence-electron chi connectivity index (χ1n) is 8.88. The third kappa shape index (κ3) is 5.49. The van der Waals surface area contributed by atoms with E-state index < -0.39 is 5.97 Å². The molecule has 1 fully saturated rings. The van der Waals surface area contributed by atoms with Crippen molar-refractivity contribution in [3.63, 3.8) is 0 Å². The maximum absolute atomic E-state index is 12.0. The molecule has 0 bridgehead atoms. The van der Waals surface area contributed by atoms with Crippen LogP contribution in [0, 0.1) is 0 Å². The van der Waals surface area contributed by atoms with E-state index in [9.17, 15) is 9.59 Å². The lowest BCUT2D eigenvalue weighted by Gasteiger charge is -2.32. The molecule has 1 aromatic rings. The highest BCUT2D eigenvalue weighted by atomic mass is 16.6. The highest BCUT2D eigenvalue weighted by molar-refractivity contribution is 5.88. The molecule has 1 N–H and O–H groups in total. The van der Waals surface area contributed by atoms with Crippen LogP contribution in [-0.2, 0) is 30.3 Å². The molecule has 2 aliphatic rings. The van der Waals surface area contributed by atoms with Gasteiger partial charge in [0, 0.05) is 25.7 Å². The SMILES string of the molecule is O=C(COC(=O)C1=COCCO1)NC1CCN(Cc2ccccc2)CC1. The van der Waals surface area contributed by atoms with Crippen LogP contribution in [0.25, 0.3) is 0 Å². The van der Waals surface area contributed by atoms with E-state index in [1.54, 1.807) is 0 Å². The normalized spacial score (nSPS) is 18.2. The number of amides is 1. The van der Waals surface area contributed by atoms with Crippen molar-refractivity contribution < 1.29 is 23.8 Å². The van der Waals surface area contributed by atoms with Crippen molar-refractivity contribution in [2.75, 3.05) is 32.9 Å². The van der Waals surface area contributed by atoms with Crippen LogP contribution in [0.5, 0.6) is 0 Å². The molecule has 0 radical (unpaired) electrons. The fourth-order valence-electron chi connectivity index (χ4n) is 3.02. The molecule has 0 unspecified atom stereocenters. The average Bonchev–Trinajstić information content (AvgIpc) is 2.69. The molecule has 140 valence electrons. The third-order valence-corrected chi connectivity index (χ3v) is 4.39. The van der Waals surface area contributed by atoms with Gasteiger partial charge in [-0.2, -0.15) is 0 Å². The van der Waals surface area contributed by atoms with Gasteiger partial charge in [0.1, 0.15) is 19.5 Å². The Kier molecular flexibility index (Phi) is 6.49. The van der Waals surface area contributed by atoms with Crippen LogP contribution in [0.3, 0.4) is 0 Å². The fourth-order valence-corrected chi connectivity index (χ4v) is 3.02. The summed E-state index contributed by atoms with van der Waals surface area (Å²) in [4.78, 5) is 26.1. The van der Waals surface area contributed by atoms with Crippen molar-refractivity contribution in [1.29, 1.82) is 0 Å². The predicted molar refractivity (Wildman–Crippen MR) is 93.8 cm³/mol. The summed E-state index contributed by atoms with van der Waals surface area (Å²) in [6, 6.07) is 10.5. The number of piperidine rings is 1. The van der Waals surface area contributed by atoms with Crippen molar-refractivity contribution in [3.8, 4) is 0 Å². The zero-order valence-corrected chi connectivity index (χ0v) is 14.7. The summed E-state index contributed by atoms with van der Waals surface area (Å²) in [5.74, 6) is -0.979. The first-order chi connectivity index (χ1) is 12.7. The minimum atomic E-state index is -0.683. The molecule has 0 atom stereocenters. The number of ether oxygens (including phenoxy) is 3. The van der Waals surface area contributed by atoms with Crippen LogP contribution in [0.15, 0.2) is 42.4 Å². The molecule has 0 aromatic heterocycles. The molecule has 7 heteroatoms. The molecule has 7 nitrogen and oxygen atoms in total. The maximum Gasteiger partial charge on any atom is 0.377 e. The van der Waals surface area contributed by atoms with E-state index in [2.05, 4.69) is 22.3 Å². The molecule has 2 aliphatic heterocycles. The highest BCUT2D eigenvalue weighted by Gasteiger charge is 2.22. The number of carbonyl (C=O) groups is 2. The first-order valence-corrected chi connectivity index (χ1v) is 8.88. The Morgan fingerprint density at radius 3 is 2.62 bits per heavy atom. The van der Waals surface area contributed by atoms with E-state index in [0.717, 1.165) is 32.5 Å². The second-order valence-electron chi connectivity index (χ2n) is 6.38. The van der Waals surface area contributed by atoms with E-state index in [-0.39, 0.29) is 24.3 Å². The second-order valence-corrected chi connectivity index (χ2v) is 6.38. The molecule has 0 aliphatic carbocycles. The maximum atomic E-state index is 12.0. The van der Waals surface area contributed by atoms with Crippen LogP contribution < -0.4 is 5.32 Å². The van der Waals surface area contributed by atoms with E-state index in [1.165, 1.54) is 11.8 Å². The zero-order chi connectivity index (χ0) is 18.2. The fraction of sp³-hybridized carbons (Fsp3) is 0.474. The number of nitrogens with one attached hydrogen (secondary N) is 1. The van der Waals surface area contributed by atoms with Crippen LogP contribution in [0.4, 0.5) is 0 Å². The van der Waals surface area contributed by atoms with E-state index >= 15 is 0 Å². The molecule has 1 amide bonds. The second kappa shape index (κ2) is 9.24. The summed E-state index contributed by atoms with van der Waals surface area (Å²) >= 11 is 0. The number of rotatable bonds is 6. The average molecular weight is 360 g/mol. The quantitative estimate of drug-likeness (QED) is 0.768. The van der Waals surface area contributed by atoms with Crippen molar-refractivity contribution in [2.24, 2.45) is 0 Å². The molecular formula is C19H24N2O5. The Balaban J connectivity index is 1.34. The monoisotopic (exact) mass is 360 g/mol. The molecular weight excluding hydrogens is 336 g/mol. The summed E-state index contributed by atoms with van der Waals surface area (Å²) in [6.45, 7) is 3.17. The number of likely N-dealkylation sites (tertiary alicyclic amines) is 1. The summed E-state index contributed by atoms with van der Waals surface area (Å²) in [5.41, 5.74) is 1.30. The number of carbonyl (C=O) groups excluding carboxylic acids is 2. The van der Waals surface area contributed by atoms with Crippen LogP contribution in [-0.4, -0.2) is 55.7 Å². The van der Waals surface area contributed by atoms with Gasteiger partial charge in [-0.15, -0.1) is 0 Å². The van der Waals surface area contributed by atoms with Crippen LogP contribution in [0.1, 0.15) is 18.4 Å². The minimum Gasteiger partial charge on any atom is -0.493 e. The lowest BCUT2D eigenvalue weighted by molar-refractivity contribution is -0.149. The van der Waals surface area contributed by atoms with Crippen LogP contribution in [0.2, 0.25) is 0 Å². The molecule has 2 heterocycles. The molecule has 0 spiro atoms. The lowest BCUT2D eigenvalue weighted by Crippen LogP contribution is -2.45. The van der Waals surface area contributed by atoms with Crippen molar-refractivity contribution >= 4 is 11.9 Å². The van der Waals surface area contributed by atoms with Gasteiger partial charge < -0.3 is 19.5 Å². The van der Waals surface area contributed by atoms with Gasteiger partial charge in [-0.1, -0.05) is 30.3 Å². The molecule has 3 rings (SSSR count). The number of hydrogen-bond donors (Lipinski definition) is 1. The summed E-state index contributed by atoms with van der Waals surface area (Å²) in [5, 5.41) is 2.93. The van der Waals surface area contributed by atoms with E-state index in [4.69, 9.17) is 14.2 Å². The van der Waals surface area contributed by atoms with Gasteiger partial charge in [0.05, 0.1) is 0 Å². The topological polar surface area (TPSA) is 77.1 Å². The summed E-state index contributed by atoms with van der Waals surface area (Å²) in [7, 11) is 0. The number of nitrogens with zero attached hydrogens (tertiary/aromatic N) is 1. The van der Waals surface area contributed by atoms with Crippen molar-refractivity contribution in [2.45, 2.75) is 25.4 Å². The van der Waals surface area contributed by atoms with Crippen molar-refractivity contribution in [3.05, 3.63) is 47.9 Å². The highest BCUT2D eigenvalue weighted by Crippen LogP contribution is 2.14. The van der Waals surface area contributed by atoms with Crippen LogP contribution >= 0.6 is 0 Å². The zero-order valence-electron chi connectivity index (χ0n) is 14.7. The smallest absolute Gasteiger partial charge is 0.377 e. The first kappa shape index (κ1) is 18.3. The standard InChI is InChI=1S/C19H24N2O5/c22-18(14-26-19(23)17-13-24-10-11-25-17)20-16-6-8-21(9-7-16)12-15-4-2-1-3-5-15/h1-5,13,16H,6-12,14H2,(H,20,22). The van der Waals surface area contributed by atoms with Gasteiger partial charge in [-0.3, -0.25) is 9.69 Å². The predicted octanol–water partition coefficient (Wildman–Crippen LogP) is 1.20. The Morgan fingerprint density at radius 2 is 1.92 bits per heavy atom. The van der Waals surface area contributed by atoms with Crippen molar-refractivity contribution in [1.82, 2.24) is 10.2 Å². The van der Waals surface area contributed by atoms with Gasteiger partial charge in [-0.05, 0) is 18.4 Å². The van der Waals surface area contributed by atoms with Gasteiger partial charge in [-0.25, -0.2) is 4.79 Å². The number of hydrogen-bond acceptors (Lipinski definition) is 6. The number of esters is 1. The Morgan fingerprint density at radius 1 is 1.15 bits per heavy atom. The van der Waals surface area contributed by atoms with Gasteiger partial charge in [0.25, 0.3) is 5.91 Å².